The minimum absolute atomic E-state index is 0.0239. The Kier molecular flexibility index (Phi) is 6.46. The molecule has 2 saturated heterocycles. The van der Waals surface area contributed by atoms with Gasteiger partial charge < -0.3 is 14.7 Å². The molecule has 2 heterocycles. The van der Waals surface area contributed by atoms with Crippen molar-refractivity contribution in [3.05, 3.63) is 77.9 Å². The van der Waals surface area contributed by atoms with E-state index in [4.69, 9.17) is 0 Å². The zero-order valence-electron chi connectivity index (χ0n) is 17.5. The number of hydrogen-bond donors (Lipinski definition) is 0. The second-order valence-corrected chi connectivity index (χ2v) is 8.06. The van der Waals surface area contributed by atoms with E-state index >= 15 is 0 Å². The molecule has 1 atom stereocenters. The highest BCUT2D eigenvalue weighted by atomic mass is 16.2. The molecule has 0 bridgehead atoms. The molecule has 2 aromatic rings. The van der Waals surface area contributed by atoms with Crippen molar-refractivity contribution in [2.24, 2.45) is 5.92 Å². The van der Waals surface area contributed by atoms with Gasteiger partial charge >= 0.3 is 0 Å². The minimum Gasteiger partial charge on any atom is -0.339 e. The first-order chi connectivity index (χ1) is 15.1. The van der Waals surface area contributed by atoms with E-state index < -0.39 is 0 Å². The number of amides is 3. The Bertz CT molecular complexity index is 950. The maximum absolute atomic E-state index is 13.0. The van der Waals surface area contributed by atoms with E-state index in [2.05, 4.69) is 0 Å². The van der Waals surface area contributed by atoms with E-state index in [1.165, 1.54) is 0 Å². The van der Waals surface area contributed by atoms with Crippen LogP contribution in [0.25, 0.3) is 6.08 Å². The number of rotatable bonds is 5. The van der Waals surface area contributed by atoms with Gasteiger partial charge in [0.25, 0.3) is 0 Å². The lowest BCUT2D eigenvalue weighted by molar-refractivity contribution is -0.140. The first-order valence-corrected chi connectivity index (χ1v) is 10.7. The highest BCUT2D eigenvalue weighted by Crippen LogP contribution is 2.23. The van der Waals surface area contributed by atoms with Crippen molar-refractivity contribution in [2.75, 3.05) is 32.7 Å². The van der Waals surface area contributed by atoms with E-state index in [0.29, 0.717) is 39.3 Å². The second kappa shape index (κ2) is 9.60. The Hall–Kier alpha value is -3.41. The van der Waals surface area contributed by atoms with Gasteiger partial charge in [-0.2, -0.15) is 0 Å². The number of benzene rings is 2. The van der Waals surface area contributed by atoms with E-state index in [0.717, 1.165) is 11.1 Å². The number of carbonyl (C=O) groups is 3. The Morgan fingerprint density at radius 2 is 1.48 bits per heavy atom. The molecule has 6 heteroatoms. The van der Waals surface area contributed by atoms with Crippen LogP contribution in [0, 0.1) is 5.92 Å². The zero-order chi connectivity index (χ0) is 21.6. The van der Waals surface area contributed by atoms with Crippen molar-refractivity contribution in [3.8, 4) is 0 Å². The summed E-state index contributed by atoms with van der Waals surface area (Å²) < 4.78 is 0. The summed E-state index contributed by atoms with van der Waals surface area (Å²) in [5.41, 5.74) is 2.05. The largest absolute Gasteiger partial charge is 0.339 e. The maximum Gasteiger partial charge on any atom is 0.246 e. The summed E-state index contributed by atoms with van der Waals surface area (Å²) in [5.74, 6) is -0.282. The fourth-order valence-corrected chi connectivity index (χ4v) is 4.14. The van der Waals surface area contributed by atoms with Gasteiger partial charge in [0.2, 0.25) is 17.7 Å². The summed E-state index contributed by atoms with van der Waals surface area (Å²) in [6.45, 7) is 3.04. The Morgan fingerprint density at radius 1 is 0.871 bits per heavy atom. The van der Waals surface area contributed by atoms with Crippen LogP contribution in [-0.2, 0) is 20.9 Å². The minimum atomic E-state index is -0.295. The number of hydrogen-bond acceptors (Lipinski definition) is 3. The zero-order valence-corrected chi connectivity index (χ0v) is 17.5. The topological polar surface area (TPSA) is 60.9 Å². The van der Waals surface area contributed by atoms with Crippen molar-refractivity contribution >= 4 is 23.8 Å². The lowest BCUT2D eigenvalue weighted by atomic mass is 10.1. The SMILES string of the molecule is O=C(/C=C/c1ccccc1)N1CCN(C(=O)C2CC(=O)N(Cc3ccccc3)C2)CC1. The monoisotopic (exact) mass is 417 g/mol. The van der Waals surface area contributed by atoms with Crippen molar-refractivity contribution in [3.63, 3.8) is 0 Å². The van der Waals surface area contributed by atoms with Gasteiger partial charge in [-0.25, -0.2) is 0 Å². The van der Waals surface area contributed by atoms with Gasteiger partial charge in [-0.15, -0.1) is 0 Å². The molecule has 0 aliphatic carbocycles. The highest BCUT2D eigenvalue weighted by Gasteiger charge is 2.37. The van der Waals surface area contributed by atoms with Crippen LogP contribution in [0.1, 0.15) is 17.5 Å². The third-order valence-corrected chi connectivity index (χ3v) is 5.90. The van der Waals surface area contributed by atoms with Gasteiger partial charge in [0, 0.05) is 51.8 Å². The molecule has 2 aliphatic rings. The van der Waals surface area contributed by atoms with Crippen LogP contribution in [0.15, 0.2) is 66.7 Å². The molecule has 2 fully saturated rings. The number of piperazine rings is 1. The fourth-order valence-electron chi connectivity index (χ4n) is 4.14. The lowest BCUT2D eigenvalue weighted by Crippen LogP contribution is -2.51. The average molecular weight is 418 g/mol. The molecule has 2 aliphatic heterocycles. The van der Waals surface area contributed by atoms with Crippen molar-refractivity contribution in [1.29, 1.82) is 0 Å². The Balaban J connectivity index is 1.27. The van der Waals surface area contributed by atoms with Crippen LogP contribution < -0.4 is 0 Å². The predicted octanol–water partition coefficient (Wildman–Crippen LogP) is 2.42. The molecule has 2 aromatic carbocycles. The first kappa shape index (κ1) is 20.8. The van der Waals surface area contributed by atoms with Gasteiger partial charge in [-0.05, 0) is 17.2 Å². The fraction of sp³-hybridized carbons (Fsp3) is 0.320. The molecule has 0 saturated carbocycles. The number of likely N-dealkylation sites (tertiary alicyclic amines) is 1. The highest BCUT2D eigenvalue weighted by molar-refractivity contribution is 5.92. The Labute approximate surface area is 182 Å². The molecule has 160 valence electrons. The summed E-state index contributed by atoms with van der Waals surface area (Å²) in [5, 5.41) is 0. The van der Waals surface area contributed by atoms with Crippen LogP contribution in [0.5, 0.6) is 0 Å². The Morgan fingerprint density at radius 3 is 2.16 bits per heavy atom. The third-order valence-electron chi connectivity index (χ3n) is 5.90. The van der Waals surface area contributed by atoms with E-state index in [-0.39, 0.29) is 30.1 Å². The molecule has 0 aromatic heterocycles. The number of carbonyl (C=O) groups excluding carboxylic acids is 3. The van der Waals surface area contributed by atoms with Crippen molar-refractivity contribution < 1.29 is 14.4 Å². The normalized spacial score (nSPS) is 19.3. The van der Waals surface area contributed by atoms with Crippen LogP contribution in [0.2, 0.25) is 0 Å². The summed E-state index contributed by atoms with van der Waals surface area (Å²) in [6.07, 6.45) is 3.67. The van der Waals surface area contributed by atoms with Crippen molar-refractivity contribution in [1.82, 2.24) is 14.7 Å². The van der Waals surface area contributed by atoms with Gasteiger partial charge in [0.05, 0.1) is 5.92 Å². The molecule has 0 spiro atoms. The van der Waals surface area contributed by atoms with Crippen LogP contribution in [0.3, 0.4) is 0 Å². The van der Waals surface area contributed by atoms with Crippen LogP contribution in [0.4, 0.5) is 0 Å². The molecule has 0 radical (unpaired) electrons. The molecule has 3 amide bonds. The predicted molar refractivity (Wildman–Crippen MR) is 119 cm³/mol. The van der Waals surface area contributed by atoms with E-state index in [9.17, 15) is 14.4 Å². The second-order valence-electron chi connectivity index (χ2n) is 8.06. The average Bonchev–Trinajstić information content (AvgIpc) is 3.18. The summed E-state index contributed by atoms with van der Waals surface area (Å²) in [6, 6.07) is 19.5. The summed E-state index contributed by atoms with van der Waals surface area (Å²) >= 11 is 0. The molecular formula is C25H27N3O3. The smallest absolute Gasteiger partial charge is 0.246 e. The summed E-state index contributed by atoms with van der Waals surface area (Å²) in [4.78, 5) is 43.1. The maximum atomic E-state index is 13.0. The van der Waals surface area contributed by atoms with Gasteiger partial charge in [-0.3, -0.25) is 14.4 Å². The number of nitrogens with zero attached hydrogens (tertiary/aromatic N) is 3. The van der Waals surface area contributed by atoms with E-state index in [1.54, 1.807) is 20.8 Å². The molecule has 6 nitrogen and oxygen atoms in total. The quantitative estimate of drug-likeness (QED) is 0.702. The molecule has 1 unspecified atom stereocenters. The molecule has 31 heavy (non-hydrogen) atoms. The van der Waals surface area contributed by atoms with Gasteiger partial charge in [0.1, 0.15) is 0 Å². The first-order valence-electron chi connectivity index (χ1n) is 10.7. The van der Waals surface area contributed by atoms with Crippen LogP contribution >= 0.6 is 0 Å². The third kappa shape index (κ3) is 5.20. The standard InChI is InChI=1S/C25H27N3O3/c29-23(12-11-20-7-3-1-4-8-20)26-13-15-27(16-14-26)25(31)22-17-24(30)28(19-22)18-21-9-5-2-6-10-21/h1-12,22H,13-19H2/b12-11+. The molecule has 0 N–H and O–H groups in total. The molecule has 4 rings (SSSR count). The summed E-state index contributed by atoms with van der Waals surface area (Å²) in [7, 11) is 0. The van der Waals surface area contributed by atoms with Gasteiger partial charge in [-0.1, -0.05) is 60.7 Å². The lowest BCUT2D eigenvalue weighted by Gasteiger charge is -2.35. The van der Waals surface area contributed by atoms with Crippen LogP contribution in [-0.4, -0.2) is 65.1 Å². The van der Waals surface area contributed by atoms with Gasteiger partial charge in [0.15, 0.2) is 0 Å². The van der Waals surface area contributed by atoms with Crippen molar-refractivity contribution in [2.45, 2.75) is 13.0 Å². The molecular weight excluding hydrogens is 390 g/mol. The van der Waals surface area contributed by atoms with E-state index in [1.807, 2.05) is 66.7 Å².